The normalized spacial score (nSPS) is 19.6. The van der Waals surface area contributed by atoms with Gasteiger partial charge in [-0.1, -0.05) is 55.7 Å². The van der Waals surface area contributed by atoms with E-state index in [4.69, 9.17) is 5.73 Å². The highest BCUT2D eigenvalue weighted by Gasteiger charge is 2.39. The van der Waals surface area contributed by atoms with Crippen LogP contribution in [0.25, 0.3) is 0 Å². The Balaban J connectivity index is 1.89. The van der Waals surface area contributed by atoms with Crippen LogP contribution in [0.5, 0.6) is 0 Å². The van der Waals surface area contributed by atoms with Gasteiger partial charge in [0.1, 0.15) is 0 Å². The van der Waals surface area contributed by atoms with Crippen LogP contribution in [0.4, 0.5) is 0 Å². The van der Waals surface area contributed by atoms with Crippen LogP contribution in [-0.4, -0.2) is 6.04 Å². The van der Waals surface area contributed by atoms with Gasteiger partial charge < -0.3 is 5.73 Å². The highest BCUT2D eigenvalue weighted by Crippen LogP contribution is 2.42. The van der Waals surface area contributed by atoms with Gasteiger partial charge in [0.25, 0.3) is 0 Å². The topological polar surface area (TPSA) is 26.0 Å². The van der Waals surface area contributed by atoms with Crippen LogP contribution in [-0.2, 0) is 11.8 Å². The molecule has 1 aromatic heterocycles. The van der Waals surface area contributed by atoms with E-state index >= 15 is 0 Å². The fraction of sp³-hybridized carbons (Fsp3) is 0.444. The second-order valence-corrected chi connectivity index (χ2v) is 7.01. The maximum absolute atomic E-state index is 6.71. The molecule has 0 bridgehead atoms. The summed E-state index contributed by atoms with van der Waals surface area (Å²) in [4.78, 5) is 1.42. The summed E-state index contributed by atoms with van der Waals surface area (Å²) in [6, 6.07) is 15.5. The Morgan fingerprint density at radius 1 is 1.00 bits per heavy atom. The van der Waals surface area contributed by atoms with E-state index in [1.165, 1.54) is 42.5 Å². The third-order valence-corrected chi connectivity index (χ3v) is 5.70. The summed E-state index contributed by atoms with van der Waals surface area (Å²) in [5.41, 5.74) is 8.35. The maximum Gasteiger partial charge on any atom is 0.0185 e. The molecule has 1 nitrogen and oxygen atoms in total. The van der Waals surface area contributed by atoms with Crippen LogP contribution < -0.4 is 5.73 Å². The molecule has 3 rings (SSSR count). The molecule has 0 radical (unpaired) electrons. The molecule has 1 heterocycles. The first-order valence-electron chi connectivity index (χ1n) is 7.65. The minimum atomic E-state index is 0.184. The number of rotatable bonds is 4. The van der Waals surface area contributed by atoms with E-state index in [1.54, 1.807) is 0 Å². The maximum atomic E-state index is 6.71. The number of thiophene rings is 1. The second-order valence-electron chi connectivity index (χ2n) is 5.97. The summed E-state index contributed by atoms with van der Waals surface area (Å²) < 4.78 is 0. The molecule has 1 fully saturated rings. The molecule has 1 unspecified atom stereocenters. The molecule has 1 aromatic carbocycles. The van der Waals surface area contributed by atoms with E-state index < -0.39 is 0 Å². The second kappa shape index (κ2) is 6.11. The van der Waals surface area contributed by atoms with E-state index in [0.717, 1.165) is 6.42 Å². The molecule has 0 spiro atoms. The first-order chi connectivity index (χ1) is 9.81. The van der Waals surface area contributed by atoms with Crippen LogP contribution in [0.1, 0.15) is 42.5 Å². The zero-order valence-corrected chi connectivity index (χ0v) is 12.7. The van der Waals surface area contributed by atoms with Crippen molar-refractivity contribution >= 4 is 11.3 Å². The largest absolute Gasteiger partial charge is 0.327 e. The molecule has 0 amide bonds. The van der Waals surface area contributed by atoms with Crippen molar-refractivity contribution in [3.05, 3.63) is 58.3 Å². The fourth-order valence-electron chi connectivity index (χ4n) is 3.67. The lowest BCUT2D eigenvalue weighted by molar-refractivity contribution is 0.241. The lowest BCUT2D eigenvalue weighted by Crippen LogP contribution is -2.48. The molecule has 1 aliphatic rings. The zero-order valence-electron chi connectivity index (χ0n) is 11.9. The Hall–Kier alpha value is -1.12. The summed E-state index contributed by atoms with van der Waals surface area (Å²) >= 11 is 1.83. The highest BCUT2D eigenvalue weighted by atomic mass is 32.1. The highest BCUT2D eigenvalue weighted by molar-refractivity contribution is 7.09. The Morgan fingerprint density at radius 3 is 2.40 bits per heavy atom. The smallest absolute Gasteiger partial charge is 0.0185 e. The van der Waals surface area contributed by atoms with Crippen molar-refractivity contribution in [2.24, 2.45) is 5.73 Å². The molecule has 106 valence electrons. The minimum absolute atomic E-state index is 0.184. The summed E-state index contributed by atoms with van der Waals surface area (Å²) in [7, 11) is 0. The van der Waals surface area contributed by atoms with Gasteiger partial charge in [-0.3, -0.25) is 0 Å². The van der Waals surface area contributed by atoms with Crippen LogP contribution in [0, 0.1) is 0 Å². The van der Waals surface area contributed by atoms with Gasteiger partial charge in [0, 0.05) is 16.3 Å². The summed E-state index contributed by atoms with van der Waals surface area (Å²) in [5.74, 6) is 0. The average Bonchev–Trinajstić information content (AvgIpc) is 3.02. The Kier molecular flexibility index (Phi) is 4.23. The molecule has 0 saturated heterocycles. The SMILES string of the molecule is NC(Cc1cccs1)C1(c2ccccc2)CCCCC1. The summed E-state index contributed by atoms with van der Waals surface area (Å²) in [6.07, 6.45) is 7.47. The molecular formula is C18H23NS. The van der Waals surface area contributed by atoms with E-state index in [-0.39, 0.29) is 11.5 Å². The van der Waals surface area contributed by atoms with E-state index in [2.05, 4.69) is 47.8 Å². The molecule has 2 N–H and O–H groups in total. The Bertz CT molecular complexity index is 512. The predicted molar refractivity (Wildman–Crippen MR) is 87.2 cm³/mol. The van der Waals surface area contributed by atoms with E-state index in [9.17, 15) is 0 Å². The standard InChI is InChI=1S/C18H23NS/c19-17(14-16-10-7-13-20-16)18(11-5-2-6-12-18)15-8-3-1-4-9-15/h1,3-4,7-10,13,17H,2,5-6,11-12,14,19H2. The minimum Gasteiger partial charge on any atom is -0.327 e. The van der Waals surface area contributed by atoms with Crippen molar-refractivity contribution in [2.45, 2.75) is 50.0 Å². The molecule has 20 heavy (non-hydrogen) atoms. The first-order valence-corrected chi connectivity index (χ1v) is 8.53. The van der Waals surface area contributed by atoms with Gasteiger partial charge in [-0.05, 0) is 36.3 Å². The molecule has 2 aromatic rings. The lowest BCUT2D eigenvalue weighted by atomic mass is 9.64. The van der Waals surface area contributed by atoms with Crippen molar-refractivity contribution in [3.8, 4) is 0 Å². The number of hydrogen-bond donors (Lipinski definition) is 1. The third kappa shape index (κ3) is 2.68. The first kappa shape index (κ1) is 13.8. The lowest BCUT2D eigenvalue weighted by Gasteiger charge is -2.42. The van der Waals surface area contributed by atoms with Crippen molar-refractivity contribution in [2.75, 3.05) is 0 Å². The van der Waals surface area contributed by atoms with Crippen LogP contribution in [0.15, 0.2) is 47.8 Å². The van der Waals surface area contributed by atoms with Gasteiger partial charge >= 0.3 is 0 Å². The van der Waals surface area contributed by atoms with Crippen molar-refractivity contribution < 1.29 is 0 Å². The molecule has 2 heteroatoms. The third-order valence-electron chi connectivity index (χ3n) is 4.81. The number of hydrogen-bond acceptors (Lipinski definition) is 2. The van der Waals surface area contributed by atoms with Crippen molar-refractivity contribution in [1.29, 1.82) is 0 Å². The van der Waals surface area contributed by atoms with Crippen LogP contribution in [0.3, 0.4) is 0 Å². The molecule has 1 aliphatic carbocycles. The monoisotopic (exact) mass is 285 g/mol. The van der Waals surface area contributed by atoms with Gasteiger partial charge in [-0.15, -0.1) is 11.3 Å². The molecular weight excluding hydrogens is 262 g/mol. The molecule has 1 saturated carbocycles. The molecule has 1 atom stereocenters. The summed E-state index contributed by atoms with van der Waals surface area (Å²) in [5, 5.41) is 2.15. The van der Waals surface area contributed by atoms with Crippen molar-refractivity contribution in [1.82, 2.24) is 0 Å². The fourth-order valence-corrected chi connectivity index (χ4v) is 4.43. The Morgan fingerprint density at radius 2 is 1.75 bits per heavy atom. The van der Waals surface area contributed by atoms with Gasteiger partial charge in [-0.2, -0.15) is 0 Å². The van der Waals surface area contributed by atoms with E-state index in [1.807, 2.05) is 11.3 Å². The average molecular weight is 285 g/mol. The van der Waals surface area contributed by atoms with E-state index in [0.29, 0.717) is 0 Å². The summed E-state index contributed by atoms with van der Waals surface area (Å²) in [6.45, 7) is 0. The number of benzene rings is 1. The quantitative estimate of drug-likeness (QED) is 0.878. The van der Waals surface area contributed by atoms with Gasteiger partial charge in [0.05, 0.1) is 0 Å². The van der Waals surface area contributed by atoms with Crippen molar-refractivity contribution in [3.63, 3.8) is 0 Å². The van der Waals surface area contributed by atoms with Gasteiger partial charge in [0.2, 0.25) is 0 Å². The molecule has 0 aliphatic heterocycles. The van der Waals surface area contributed by atoms with Gasteiger partial charge in [0.15, 0.2) is 0 Å². The number of nitrogens with two attached hydrogens (primary N) is 1. The van der Waals surface area contributed by atoms with Crippen LogP contribution in [0.2, 0.25) is 0 Å². The zero-order chi connectivity index (χ0) is 13.8. The van der Waals surface area contributed by atoms with Gasteiger partial charge in [-0.25, -0.2) is 0 Å². The van der Waals surface area contributed by atoms with Crippen LogP contribution >= 0.6 is 11.3 Å². The predicted octanol–water partition coefficient (Wildman–Crippen LogP) is 4.52. The Labute approximate surface area is 125 Å².